The summed E-state index contributed by atoms with van der Waals surface area (Å²) in [6.45, 7) is 5.34. The van der Waals surface area contributed by atoms with Crippen molar-refractivity contribution in [2.75, 3.05) is 18.4 Å². The van der Waals surface area contributed by atoms with E-state index in [-0.39, 0.29) is 5.91 Å². The summed E-state index contributed by atoms with van der Waals surface area (Å²) in [7, 11) is 0. The van der Waals surface area contributed by atoms with Crippen LogP contribution in [0.4, 0.5) is 5.82 Å². The largest absolute Gasteiger partial charge is 0.367 e. The summed E-state index contributed by atoms with van der Waals surface area (Å²) in [5.74, 6) is 0.735. The van der Waals surface area contributed by atoms with Crippen LogP contribution in [0.15, 0.2) is 12.4 Å². The molecule has 0 spiro atoms. The number of nitrogens with one attached hydrogen (secondary N) is 1. The number of amides is 1. The Kier molecular flexibility index (Phi) is 4.71. The van der Waals surface area contributed by atoms with Crippen molar-refractivity contribution in [3.63, 3.8) is 0 Å². The molecule has 0 atom stereocenters. The SMILES string of the molecule is CCN(CC)C(=O)c1cc(NC2CCCC2)ncn1. The van der Waals surface area contributed by atoms with Crippen molar-refractivity contribution in [3.8, 4) is 0 Å². The van der Waals surface area contributed by atoms with Gasteiger partial charge in [-0.15, -0.1) is 0 Å². The van der Waals surface area contributed by atoms with Gasteiger partial charge in [0.2, 0.25) is 0 Å². The van der Waals surface area contributed by atoms with Gasteiger partial charge in [-0.25, -0.2) is 9.97 Å². The summed E-state index contributed by atoms with van der Waals surface area (Å²) in [4.78, 5) is 22.3. The van der Waals surface area contributed by atoms with Crippen LogP contribution in [0.3, 0.4) is 0 Å². The molecule has 0 aliphatic heterocycles. The summed E-state index contributed by atoms with van der Waals surface area (Å²) in [6, 6.07) is 2.25. The zero-order chi connectivity index (χ0) is 13.7. The van der Waals surface area contributed by atoms with Crippen LogP contribution in [0.5, 0.6) is 0 Å². The standard InChI is InChI=1S/C14H22N4O/c1-3-18(4-2)14(19)12-9-13(16-10-15-12)17-11-7-5-6-8-11/h9-11H,3-8H2,1-2H3,(H,15,16,17). The maximum Gasteiger partial charge on any atom is 0.272 e. The van der Waals surface area contributed by atoms with E-state index in [4.69, 9.17) is 0 Å². The predicted octanol–water partition coefficient (Wildman–Crippen LogP) is 2.31. The predicted molar refractivity (Wildman–Crippen MR) is 75.2 cm³/mol. The first-order chi connectivity index (χ1) is 9.24. The highest BCUT2D eigenvalue weighted by Gasteiger charge is 2.17. The van der Waals surface area contributed by atoms with E-state index in [0.717, 1.165) is 5.82 Å². The van der Waals surface area contributed by atoms with Crippen molar-refractivity contribution < 1.29 is 4.79 Å². The third kappa shape index (κ3) is 3.43. The van der Waals surface area contributed by atoms with Gasteiger partial charge in [-0.3, -0.25) is 4.79 Å². The molecule has 2 rings (SSSR count). The van der Waals surface area contributed by atoms with Crippen molar-refractivity contribution in [2.24, 2.45) is 0 Å². The monoisotopic (exact) mass is 262 g/mol. The second kappa shape index (κ2) is 6.50. The highest BCUT2D eigenvalue weighted by Crippen LogP contribution is 2.21. The molecule has 1 fully saturated rings. The van der Waals surface area contributed by atoms with Gasteiger partial charge in [0.05, 0.1) is 0 Å². The van der Waals surface area contributed by atoms with E-state index in [1.165, 1.54) is 32.0 Å². The van der Waals surface area contributed by atoms with E-state index in [1.54, 1.807) is 11.0 Å². The maximum absolute atomic E-state index is 12.2. The molecule has 0 unspecified atom stereocenters. The minimum Gasteiger partial charge on any atom is -0.367 e. The van der Waals surface area contributed by atoms with Crippen molar-refractivity contribution in [2.45, 2.75) is 45.6 Å². The van der Waals surface area contributed by atoms with Gasteiger partial charge in [-0.2, -0.15) is 0 Å². The molecule has 5 nitrogen and oxygen atoms in total. The van der Waals surface area contributed by atoms with Crippen molar-refractivity contribution in [3.05, 3.63) is 18.1 Å². The summed E-state index contributed by atoms with van der Waals surface area (Å²) in [5, 5.41) is 3.39. The number of carbonyl (C=O) groups excluding carboxylic acids is 1. The van der Waals surface area contributed by atoms with Gasteiger partial charge in [0.1, 0.15) is 17.8 Å². The molecular weight excluding hydrogens is 240 g/mol. The minimum atomic E-state index is -0.0260. The number of carbonyl (C=O) groups is 1. The molecule has 19 heavy (non-hydrogen) atoms. The van der Waals surface area contributed by atoms with Crippen LogP contribution in [0.2, 0.25) is 0 Å². The normalized spacial score (nSPS) is 15.5. The van der Waals surface area contributed by atoms with E-state index in [9.17, 15) is 4.79 Å². The van der Waals surface area contributed by atoms with E-state index in [1.807, 2.05) is 13.8 Å². The van der Waals surface area contributed by atoms with Crippen LogP contribution < -0.4 is 5.32 Å². The van der Waals surface area contributed by atoms with E-state index >= 15 is 0 Å². The molecule has 0 radical (unpaired) electrons. The number of anilines is 1. The quantitative estimate of drug-likeness (QED) is 0.884. The van der Waals surface area contributed by atoms with Crippen LogP contribution in [0.1, 0.15) is 50.0 Å². The van der Waals surface area contributed by atoms with Gasteiger partial charge in [-0.1, -0.05) is 12.8 Å². The Morgan fingerprint density at radius 3 is 2.63 bits per heavy atom. The van der Waals surface area contributed by atoms with Gasteiger partial charge in [0.25, 0.3) is 5.91 Å². The molecule has 1 saturated carbocycles. The first-order valence-corrected chi connectivity index (χ1v) is 7.12. The fourth-order valence-corrected chi connectivity index (χ4v) is 2.51. The van der Waals surface area contributed by atoms with E-state index in [2.05, 4.69) is 15.3 Å². The minimum absolute atomic E-state index is 0.0260. The van der Waals surface area contributed by atoms with Crippen LogP contribution >= 0.6 is 0 Å². The smallest absolute Gasteiger partial charge is 0.272 e. The second-order valence-corrected chi connectivity index (χ2v) is 4.89. The van der Waals surface area contributed by atoms with Gasteiger partial charge in [-0.05, 0) is 26.7 Å². The molecule has 1 aromatic heterocycles. The molecule has 104 valence electrons. The Hall–Kier alpha value is -1.65. The highest BCUT2D eigenvalue weighted by atomic mass is 16.2. The van der Waals surface area contributed by atoms with Crippen molar-refractivity contribution >= 4 is 11.7 Å². The summed E-state index contributed by atoms with van der Waals surface area (Å²) >= 11 is 0. The van der Waals surface area contributed by atoms with Crippen LogP contribution in [-0.2, 0) is 0 Å². The fourth-order valence-electron chi connectivity index (χ4n) is 2.51. The highest BCUT2D eigenvalue weighted by molar-refractivity contribution is 5.92. The summed E-state index contributed by atoms with van der Waals surface area (Å²) in [5.41, 5.74) is 0.471. The lowest BCUT2D eigenvalue weighted by atomic mass is 10.2. The zero-order valence-corrected chi connectivity index (χ0v) is 11.7. The average Bonchev–Trinajstić information content (AvgIpc) is 2.93. The Morgan fingerprint density at radius 1 is 1.32 bits per heavy atom. The van der Waals surface area contributed by atoms with Gasteiger partial charge in [0.15, 0.2) is 0 Å². The second-order valence-electron chi connectivity index (χ2n) is 4.89. The van der Waals surface area contributed by atoms with E-state index in [0.29, 0.717) is 24.8 Å². The van der Waals surface area contributed by atoms with Gasteiger partial charge >= 0.3 is 0 Å². The Labute approximate surface area is 114 Å². The molecule has 0 aromatic carbocycles. The lowest BCUT2D eigenvalue weighted by Crippen LogP contribution is -2.31. The first kappa shape index (κ1) is 13.8. The maximum atomic E-state index is 12.2. The van der Waals surface area contributed by atoms with Gasteiger partial charge < -0.3 is 10.2 Å². The van der Waals surface area contributed by atoms with Gasteiger partial charge in [0, 0.05) is 25.2 Å². The average molecular weight is 262 g/mol. The molecule has 1 aromatic rings. The Balaban J connectivity index is 2.07. The molecule has 0 saturated heterocycles. The first-order valence-electron chi connectivity index (χ1n) is 7.12. The third-order valence-electron chi connectivity index (χ3n) is 3.64. The number of aromatic nitrogens is 2. The molecule has 5 heteroatoms. The fraction of sp³-hybridized carbons (Fsp3) is 0.643. The molecule has 0 bridgehead atoms. The topological polar surface area (TPSA) is 58.1 Å². The molecule has 1 N–H and O–H groups in total. The molecule has 1 heterocycles. The van der Waals surface area contributed by atoms with E-state index < -0.39 is 0 Å². The number of nitrogens with zero attached hydrogens (tertiary/aromatic N) is 3. The molecular formula is C14H22N4O. The number of hydrogen-bond acceptors (Lipinski definition) is 4. The number of rotatable bonds is 5. The summed E-state index contributed by atoms with van der Waals surface area (Å²) < 4.78 is 0. The molecule has 1 aliphatic carbocycles. The van der Waals surface area contributed by atoms with Crippen LogP contribution in [0, 0.1) is 0 Å². The van der Waals surface area contributed by atoms with Crippen molar-refractivity contribution in [1.29, 1.82) is 0 Å². The van der Waals surface area contributed by atoms with Crippen LogP contribution in [-0.4, -0.2) is 39.9 Å². The Morgan fingerprint density at radius 2 is 2.00 bits per heavy atom. The molecule has 1 amide bonds. The van der Waals surface area contributed by atoms with Crippen LogP contribution in [0.25, 0.3) is 0 Å². The third-order valence-corrected chi connectivity index (χ3v) is 3.64. The number of hydrogen-bond donors (Lipinski definition) is 1. The summed E-state index contributed by atoms with van der Waals surface area (Å²) in [6.07, 6.45) is 6.38. The lowest BCUT2D eigenvalue weighted by Gasteiger charge is -2.18. The van der Waals surface area contributed by atoms with Crippen molar-refractivity contribution in [1.82, 2.24) is 14.9 Å². The zero-order valence-electron chi connectivity index (χ0n) is 11.7. The lowest BCUT2D eigenvalue weighted by molar-refractivity contribution is 0.0767. The molecule has 1 aliphatic rings. The Bertz CT molecular complexity index is 425.